The summed E-state index contributed by atoms with van der Waals surface area (Å²) in [5, 5.41) is 5.71. The monoisotopic (exact) mass is 384 g/mol. The average molecular weight is 384 g/mol. The quantitative estimate of drug-likeness (QED) is 0.739. The van der Waals surface area contributed by atoms with Gasteiger partial charge in [-0.25, -0.2) is 14.4 Å². The van der Waals surface area contributed by atoms with Crippen molar-refractivity contribution in [3.8, 4) is 0 Å². The third-order valence-corrected chi connectivity index (χ3v) is 4.83. The molecule has 2 amide bonds. The van der Waals surface area contributed by atoms with Crippen molar-refractivity contribution in [3.05, 3.63) is 47.3 Å². The molecule has 0 fully saturated rings. The van der Waals surface area contributed by atoms with Gasteiger partial charge in [0.25, 0.3) is 5.91 Å². The third-order valence-electron chi connectivity index (χ3n) is 4.83. The van der Waals surface area contributed by atoms with Crippen molar-refractivity contribution in [1.82, 2.24) is 10.6 Å². The fraction of sp³-hybridized carbons (Fsp3) is 0.429. The molecule has 1 aliphatic heterocycles. The molecular weight excluding hydrogens is 359 g/mol. The summed E-state index contributed by atoms with van der Waals surface area (Å²) in [6.07, 6.45) is 8.88. The molecular formula is C21H25FN4O2. The minimum Gasteiger partial charge on any atom is -0.350 e. The van der Waals surface area contributed by atoms with Gasteiger partial charge < -0.3 is 5.32 Å². The minimum atomic E-state index is -0.395. The zero-order chi connectivity index (χ0) is 19.9. The first-order valence-corrected chi connectivity index (χ1v) is 9.75. The predicted molar refractivity (Wildman–Crippen MR) is 107 cm³/mol. The molecule has 1 heterocycles. The summed E-state index contributed by atoms with van der Waals surface area (Å²) in [6, 6.07) is 5.22. The van der Waals surface area contributed by atoms with E-state index >= 15 is 0 Å². The van der Waals surface area contributed by atoms with Gasteiger partial charge in [-0.2, -0.15) is 0 Å². The first-order chi connectivity index (χ1) is 13.5. The summed E-state index contributed by atoms with van der Waals surface area (Å²) < 4.78 is 13.0. The zero-order valence-corrected chi connectivity index (χ0v) is 16.0. The number of carbonyl (C=O) groups is 2. The molecule has 148 valence electrons. The smallest absolute Gasteiger partial charge is 0.258 e. The molecule has 3 rings (SSSR count). The Hall–Kier alpha value is -2.83. The Morgan fingerprint density at radius 2 is 1.96 bits per heavy atom. The maximum atomic E-state index is 13.0. The van der Waals surface area contributed by atoms with Crippen molar-refractivity contribution in [2.45, 2.75) is 57.5 Å². The summed E-state index contributed by atoms with van der Waals surface area (Å²) in [5.74, 6) is -0.444. The SMILES string of the molecule is CCCCCC(=O)NC1C=C2C=NC(NC(=O)c3ccc(F)cc3)=NC2CC1. The van der Waals surface area contributed by atoms with Gasteiger partial charge in [-0.1, -0.05) is 25.8 Å². The van der Waals surface area contributed by atoms with E-state index in [1.165, 1.54) is 24.3 Å². The van der Waals surface area contributed by atoms with E-state index < -0.39 is 5.82 Å². The van der Waals surface area contributed by atoms with Crippen LogP contribution in [0.3, 0.4) is 0 Å². The second-order valence-corrected chi connectivity index (χ2v) is 7.06. The number of rotatable bonds is 6. The molecule has 2 unspecified atom stereocenters. The summed E-state index contributed by atoms with van der Waals surface area (Å²) in [5.41, 5.74) is 1.29. The van der Waals surface area contributed by atoms with Crippen LogP contribution >= 0.6 is 0 Å². The van der Waals surface area contributed by atoms with E-state index in [-0.39, 0.29) is 29.9 Å². The van der Waals surface area contributed by atoms with Gasteiger partial charge in [-0.05, 0) is 49.1 Å². The van der Waals surface area contributed by atoms with Crippen LogP contribution in [0.5, 0.6) is 0 Å². The van der Waals surface area contributed by atoms with Crippen LogP contribution in [0.15, 0.2) is 45.9 Å². The molecule has 1 aromatic rings. The number of guanidine groups is 1. The van der Waals surface area contributed by atoms with Crippen molar-refractivity contribution in [2.75, 3.05) is 0 Å². The number of carbonyl (C=O) groups excluding carboxylic acids is 2. The molecule has 1 aliphatic carbocycles. The average Bonchev–Trinajstić information content (AvgIpc) is 2.68. The van der Waals surface area contributed by atoms with Crippen LogP contribution in [0.2, 0.25) is 0 Å². The fourth-order valence-electron chi connectivity index (χ4n) is 3.28. The van der Waals surface area contributed by atoms with Crippen molar-refractivity contribution in [1.29, 1.82) is 0 Å². The molecule has 0 saturated heterocycles. The molecule has 2 atom stereocenters. The fourth-order valence-corrected chi connectivity index (χ4v) is 3.28. The number of halogens is 1. The first-order valence-electron chi connectivity index (χ1n) is 9.75. The van der Waals surface area contributed by atoms with Gasteiger partial charge in [0.1, 0.15) is 5.82 Å². The van der Waals surface area contributed by atoms with Crippen molar-refractivity contribution in [2.24, 2.45) is 9.98 Å². The second kappa shape index (κ2) is 9.39. The maximum absolute atomic E-state index is 13.0. The number of aliphatic imine (C=N–C) groups is 2. The largest absolute Gasteiger partial charge is 0.350 e. The highest BCUT2D eigenvalue weighted by Crippen LogP contribution is 2.23. The van der Waals surface area contributed by atoms with Crippen molar-refractivity contribution in [3.63, 3.8) is 0 Å². The van der Waals surface area contributed by atoms with Gasteiger partial charge in [0.2, 0.25) is 11.9 Å². The van der Waals surface area contributed by atoms with E-state index in [1.54, 1.807) is 6.21 Å². The lowest BCUT2D eigenvalue weighted by Crippen LogP contribution is -2.39. The van der Waals surface area contributed by atoms with E-state index in [1.807, 2.05) is 6.08 Å². The van der Waals surface area contributed by atoms with Gasteiger partial charge in [0.05, 0.1) is 6.04 Å². The number of hydrogen-bond acceptors (Lipinski definition) is 4. The van der Waals surface area contributed by atoms with Gasteiger partial charge >= 0.3 is 0 Å². The van der Waals surface area contributed by atoms with Gasteiger partial charge in [-0.3, -0.25) is 14.9 Å². The Morgan fingerprint density at radius 3 is 2.71 bits per heavy atom. The summed E-state index contributed by atoms with van der Waals surface area (Å²) in [6.45, 7) is 2.11. The highest BCUT2D eigenvalue weighted by atomic mass is 19.1. The standard InChI is InChI=1S/C21H25FN4O2/c1-2-3-4-5-19(27)24-17-10-11-18-15(12-17)13-23-21(25-18)26-20(28)14-6-8-16(22)9-7-14/h6-9,12-13,17-18H,2-5,10-11H2,1H3,(H,24,27)(H,25,26,28). The lowest BCUT2D eigenvalue weighted by molar-refractivity contribution is -0.121. The van der Waals surface area contributed by atoms with E-state index in [9.17, 15) is 14.0 Å². The normalized spacial score (nSPS) is 20.6. The van der Waals surface area contributed by atoms with Crippen LogP contribution in [0.1, 0.15) is 55.8 Å². The van der Waals surface area contributed by atoms with Crippen molar-refractivity contribution < 1.29 is 14.0 Å². The molecule has 2 aliphatic rings. The summed E-state index contributed by atoms with van der Waals surface area (Å²) in [4.78, 5) is 32.9. The second-order valence-electron chi connectivity index (χ2n) is 7.06. The molecule has 1 aromatic carbocycles. The van der Waals surface area contributed by atoms with E-state index in [2.05, 4.69) is 27.5 Å². The number of nitrogens with one attached hydrogen (secondary N) is 2. The molecule has 0 saturated carbocycles. The Morgan fingerprint density at radius 1 is 1.18 bits per heavy atom. The van der Waals surface area contributed by atoms with Crippen LogP contribution in [-0.4, -0.2) is 36.1 Å². The lowest BCUT2D eigenvalue weighted by Gasteiger charge is -2.27. The van der Waals surface area contributed by atoms with Gasteiger partial charge in [-0.15, -0.1) is 0 Å². The van der Waals surface area contributed by atoms with Crippen LogP contribution in [0, 0.1) is 5.82 Å². The highest BCUT2D eigenvalue weighted by molar-refractivity contribution is 6.09. The zero-order valence-electron chi connectivity index (χ0n) is 16.0. The van der Waals surface area contributed by atoms with E-state index in [0.29, 0.717) is 12.0 Å². The molecule has 0 aromatic heterocycles. The van der Waals surface area contributed by atoms with Crippen LogP contribution in [0.25, 0.3) is 0 Å². The van der Waals surface area contributed by atoms with Gasteiger partial charge in [0.15, 0.2) is 0 Å². The Labute approximate surface area is 164 Å². The number of nitrogens with zero attached hydrogens (tertiary/aromatic N) is 2. The minimum absolute atomic E-state index is 0.00242. The lowest BCUT2D eigenvalue weighted by atomic mass is 9.91. The summed E-state index contributed by atoms with van der Waals surface area (Å²) >= 11 is 0. The Kier molecular flexibility index (Phi) is 6.68. The predicted octanol–water partition coefficient (Wildman–Crippen LogP) is 3.15. The number of benzene rings is 1. The number of amides is 2. The molecule has 6 nitrogen and oxygen atoms in total. The Bertz CT molecular complexity index is 814. The van der Waals surface area contributed by atoms with E-state index in [0.717, 1.165) is 37.7 Å². The molecule has 28 heavy (non-hydrogen) atoms. The van der Waals surface area contributed by atoms with Crippen LogP contribution in [0.4, 0.5) is 4.39 Å². The third kappa shape index (κ3) is 5.34. The highest BCUT2D eigenvalue weighted by Gasteiger charge is 2.25. The number of hydrogen-bond donors (Lipinski definition) is 2. The molecule has 0 bridgehead atoms. The first kappa shape index (κ1) is 19.9. The van der Waals surface area contributed by atoms with Crippen LogP contribution in [-0.2, 0) is 4.79 Å². The number of unbranched alkanes of at least 4 members (excludes halogenated alkanes) is 2. The van der Waals surface area contributed by atoms with Crippen molar-refractivity contribution >= 4 is 24.0 Å². The van der Waals surface area contributed by atoms with E-state index in [4.69, 9.17) is 0 Å². The molecule has 2 N–H and O–H groups in total. The number of fused-ring (bicyclic) bond motifs is 1. The molecule has 7 heteroatoms. The topological polar surface area (TPSA) is 82.9 Å². The molecule has 0 radical (unpaired) electrons. The summed E-state index contributed by atoms with van der Waals surface area (Å²) in [7, 11) is 0. The maximum Gasteiger partial charge on any atom is 0.258 e. The Balaban J connectivity index is 1.55. The molecule has 0 spiro atoms. The van der Waals surface area contributed by atoms with Crippen LogP contribution < -0.4 is 10.6 Å². The van der Waals surface area contributed by atoms with Gasteiger partial charge in [0, 0.05) is 24.2 Å².